The molecule has 8 atom stereocenters. The van der Waals surface area contributed by atoms with Crippen LogP contribution in [0.1, 0.15) is 84.5 Å². The molecule has 1 N–H and O–H groups in total. The summed E-state index contributed by atoms with van der Waals surface area (Å²) in [5.74, 6) is 4.30. The van der Waals surface area contributed by atoms with E-state index in [1.54, 1.807) is 0 Å². The lowest BCUT2D eigenvalue weighted by molar-refractivity contribution is -0.134. The van der Waals surface area contributed by atoms with E-state index in [4.69, 9.17) is 0 Å². The number of rotatable bonds is 6. The monoisotopic (exact) mass is 508 g/mol. The highest BCUT2D eigenvalue weighted by atomic mass is 32.2. The summed E-state index contributed by atoms with van der Waals surface area (Å²) in [6, 6.07) is 0. The normalized spacial score (nSPS) is 44.9. The Labute approximate surface area is 213 Å². The summed E-state index contributed by atoms with van der Waals surface area (Å²) in [5, 5.41) is 11.1. The first-order valence-electron chi connectivity index (χ1n) is 14.5. The van der Waals surface area contributed by atoms with Crippen LogP contribution in [0.4, 0.5) is 0 Å². The van der Waals surface area contributed by atoms with Gasteiger partial charge in [-0.25, -0.2) is 8.42 Å². The van der Waals surface area contributed by atoms with Gasteiger partial charge in [0, 0.05) is 32.1 Å². The van der Waals surface area contributed by atoms with Gasteiger partial charge in [-0.1, -0.05) is 20.3 Å². The standard InChI is InChI=1S/C28H48N2O4S/c1-4-11-28(32)13-10-21-20(18-28)5-6-23-22(21)9-12-27(2)24(23)7-8-25(27)26(31)19-29-14-16-30(17-15-29)35(3,33)34/h20-25,32H,4-19H2,1-3H3/t20-,21+,22-,23-,24+,25-,27+,28-/m1/s1. The van der Waals surface area contributed by atoms with Crippen LogP contribution in [0, 0.1) is 40.9 Å². The van der Waals surface area contributed by atoms with Crippen LogP contribution < -0.4 is 0 Å². The summed E-state index contributed by atoms with van der Waals surface area (Å²) in [7, 11) is -3.14. The quantitative estimate of drug-likeness (QED) is 0.588. The van der Waals surface area contributed by atoms with E-state index in [1.807, 2.05) is 0 Å². The molecule has 0 radical (unpaired) electrons. The maximum atomic E-state index is 13.6. The molecule has 0 spiro atoms. The van der Waals surface area contributed by atoms with E-state index in [0.29, 0.717) is 50.3 Å². The van der Waals surface area contributed by atoms with Crippen molar-refractivity contribution >= 4 is 15.8 Å². The zero-order valence-electron chi connectivity index (χ0n) is 22.3. The predicted molar refractivity (Wildman–Crippen MR) is 138 cm³/mol. The molecule has 200 valence electrons. The highest BCUT2D eigenvalue weighted by Gasteiger charge is 2.59. The fourth-order valence-electron chi connectivity index (χ4n) is 9.73. The number of carbonyl (C=O) groups excluding carboxylic acids is 1. The van der Waals surface area contributed by atoms with Crippen molar-refractivity contribution < 1.29 is 18.3 Å². The molecule has 35 heavy (non-hydrogen) atoms. The number of piperazine rings is 1. The van der Waals surface area contributed by atoms with Crippen molar-refractivity contribution in [3.63, 3.8) is 0 Å². The van der Waals surface area contributed by atoms with E-state index in [1.165, 1.54) is 49.1 Å². The highest BCUT2D eigenvalue weighted by molar-refractivity contribution is 7.88. The lowest BCUT2D eigenvalue weighted by Crippen LogP contribution is -2.53. The average molecular weight is 509 g/mol. The van der Waals surface area contributed by atoms with Gasteiger partial charge in [0.05, 0.1) is 18.4 Å². The third-order valence-electron chi connectivity index (χ3n) is 11.4. The molecule has 1 aliphatic heterocycles. The molecule has 0 aromatic heterocycles. The zero-order chi connectivity index (χ0) is 25.0. The highest BCUT2D eigenvalue weighted by Crippen LogP contribution is 2.64. The average Bonchev–Trinajstić information content (AvgIpc) is 3.16. The molecular formula is C28H48N2O4S. The summed E-state index contributed by atoms with van der Waals surface area (Å²) in [6.45, 7) is 7.41. The van der Waals surface area contributed by atoms with E-state index in [0.717, 1.165) is 49.9 Å². The molecule has 0 aromatic carbocycles. The van der Waals surface area contributed by atoms with Crippen LogP contribution >= 0.6 is 0 Å². The van der Waals surface area contributed by atoms with Gasteiger partial charge in [0.1, 0.15) is 5.78 Å². The minimum atomic E-state index is -3.14. The first-order valence-corrected chi connectivity index (χ1v) is 16.3. The molecule has 5 rings (SSSR count). The van der Waals surface area contributed by atoms with Gasteiger partial charge in [0.2, 0.25) is 10.0 Å². The van der Waals surface area contributed by atoms with E-state index >= 15 is 0 Å². The van der Waals surface area contributed by atoms with Crippen LogP contribution in [0.15, 0.2) is 0 Å². The van der Waals surface area contributed by atoms with Crippen molar-refractivity contribution in [1.82, 2.24) is 9.21 Å². The van der Waals surface area contributed by atoms with E-state index in [2.05, 4.69) is 18.7 Å². The first-order chi connectivity index (χ1) is 16.5. The Morgan fingerprint density at radius 3 is 2.34 bits per heavy atom. The largest absolute Gasteiger partial charge is 0.390 e. The van der Waals surface area contributed by atoms with Gasteiger partial charge >= 0.3 is 0 Å². The summed E-state index contributed by atoms with van der Waals surface area (Å²) in [5.41, 5.74) is -0.277. The number of nitrogens with zero attached hydrogens (tertiary/aromatic N) is 2. The fourth-order valence-corrected chi connectivity index (χ4v) is 10.6. The predicted octanol–water partition coefficient (Wildman–Crippen LogP) is 3.93. The maximum absolute atomic E-state index is 13.6. The number of ketones is 1. The van der Waals surface area contributed by atoms with Crippen molar-refractivity contribution in [3.8, 4) is 0 Å². The lowest BCUT2D eigenvalue weighted by atomic mass is 9.48. The number of hydrogen-bond acceptors (Lipinski definition) is 5. The van der Waals surface area contributed by atoms with Crippen LogP contribution in [0.2, 0.25) is 0 Å². The molecule has 0 aromatic rings. The Kier molecular flexibility index (Phi) is 7.21. The van der Waals surface area contributed by atoms with Gasteiger partial charge in [-0.15, -0.1) is 0 Å². The van der Waals surface area contributed by atoms with Crippen LogP contribution in [0.3, 0.4) is 0 Å². The van der Waals surface area contributed by atoms with Crippen LogP contribution in [0.5, 0.6) is 0 Å². The molecule has 0 bridgehead atoms. The molecule has 5 aliphatic rings. The Bertz CT molecular complexity index is 901. The molecule has 5 fully saturated rings. The molecule has 4 aliphatic carbocycles. The molecule has 0 amide bonds. The van der Waals surface area contributed by atoms with Gasteiger partial charge in [0.25, 0.3) is 0 Å². The van der Waals surface area contributed by atoms with Gasteiger partial charge in [-0.05, 0) is 99.2 Å². The molecule has 4 saturated carbocycles. The first kappa shape index (κ1) is 26.1. The number of fused-ring (bicyclic) bond motifs is 5. The van der Waals surface area contributed by atoms with Crippen LogP contribution in [-0.2, 0) is 14.8 Å². The van der Waals surface area contributed by atoms with Gasteiger partial charge < -0.3 is 5.11 Å². The summed E-state index contributed by atoms with van der Waals surface area (Å²) < 4.78 is 25.2. The molecular weight excluding hydrogens is 460 g/mol. The SMILES string of the molecule is CCC[C@@]1(O)CC[C@H]2[C@H](CC[C@@H]3[C@@H]2CC[C@]2(C)[C@@H](C(=O)CN4CCN(S(C)(=O)=O)CC4)CC[C@@H]32)C1. The molecule has 0 unspecified atom stereocenters. The van der Waals surface area contributed by atoms with Crippen molar-refractivity contribution in [2.24, 2.45) is 40.9 Å². The second-order valence-electron chi connectivity index (χ2n) is 13.2. The van der Waals surface area contributed by atoms with Crippen molar-refractivity contribution in [2.75, 3.05) is 39.0 Å². The van der Waals surface area contributed by atoms with E-state index in [9.17, 15) is 18.3 Å². The number of Topliss-reactive ketones (excluding diaryl/α,β-unsaturated/α-hetero) is 1. The Morgan fingerprint density at radius 2 is 1.66 bits per heavy atom. The Hall–Kier alpha value is -0.500. The van der Waals surface area contributed by atoms with Gasteiger partial charge in [-0.3, -0.25) is 9.69 Å². The van der Waals surface area contributed by atoms with Crippen LogP contribution in [-0.4, -0.2) is 73.1 Å². The maximum Gasteiger partial charge on any atom is 0.211 e. The third-order valence-corrected chi connectivity index (χ3v) is 12.7. The van der Waals surface area contributed by atoms with Gasteiger partial charge in [-0.2, -0.15) is 4.31 Å². The Morgan fingerprint density at radius 1 is 0.943 bits per heavy atom. The molecule has 1 saturated heterocycles. The van der Waals surface area contributed by atoms with E-state index in [-0.39, 0.29) is 11.3 Å². The van der Waals surface area contributed by atoms with Crippen molar-refractivity contribution in [2.45, 2.75) is 90.1 Å². The lowest BCUT2D eigenvalue weighted by Gasteiger charge is -2.57. The smallest absolute Gasteiger partial charge is 0.211 e. The number of hydrogen-bond donors (Lipinski definition) is 1. The summed E-state index contributed by atoms with van der Waals surface area (Å²) >= 11 is 0. The number of aliphatic hydroxyl groups is 1. The van der Waals surface area contributed by atoms with Crippen LogP contribution in [0.25, 0.3) is 0 Å². The number of carbonyl (C=O) groups is 1. The second-order valence-corrected chi connectivity index (χ2v) is 15.2. The molecule has 6 nitrogen and oxygen atoms in total. The molecule has 1 heterocycles. The topological polar surface area (TPSA) is 77.9 Å². The zero-order valence-corrected chi connectivity index (χ0v) is 23.1. The fraction of sp³-hybridized carbons (Fsp3) is 0.964. The third kappa shape index (κ3) is 4.88. The van der Waals surface area contributed by atoms with E-state index < -0.39 is 15.6 Å². The molecule has 7 heteroatoms. The van der Waals surface area contributed by atoms with Crippen molar-refractivity contribution in [3.05, 3.63) is 0 Å². The van der Waals surface area contributed by atoms with Gasteiger partial charge in [0.15, 0.2) is 0 Å². The Balaban J connectivity index is 1.21. The summed E-state index contributed by atoms with van der Waals surface area (Å²) in [6.07, 6.45) is 13.8. The van der Waals surface area contributed by atoms with Crippen molar-refractivity contribution in [1.29, 1.82) is 0 Å². The number of sulfonamides is 1. The minimum absolute atomic E-state index is 0.136. The minimum Gasteiger partial charge on any atom is -0.390 e. The summed E-state index contributed by atoms with van der Waals surface area (Å²) in [4.78, 5) is 15.7. The second kappa shape index (κ2) is 9.67.